The van der Waals surface area contributed by atoms with Crippen LogP contribution in [-0.4, -0.2) is 39.0 Å². The van der Waals surface area contributed by atoms with E-state index in [0.717, 1.165) is 0 Å². The Morgan fingerprint density at radius 1 is 1.41 bits per heavy atom. The van der Waals surface area contributed by atoms with Crippen molar-refractivity contribution in [2.75, 3.05) is 20.2 Å². The molecule has 0 aromatic heterocycles. The molecule has 1 aromatic carbocycles. The molecule has 1 unspecified atom stereocenters. The summed E-state index contributed by atoms with van der Waals surface area (Å²) in [5.74, 6) is 0.518. The first-order valence-electron chi connectivity index (χ1n) is 6.78. The topological polar surface area (TPSA) is 72.6 Å². The molecule has 1 fully saturated rings. The van der Waals surface area contributed by atoms with Gasteiger partial charge in [0.1, 0.15) is 10.6 Å². The highest BCUT2D eigenvalue weighted by atomic mass is 79.9. The fourth-order valence-electron chi connectivity index (χ4n) is 2.48. The Hall–Kier alpha value is -0.340. The quantitative estimate of drug-likeness (QED) is 0.827. The van der Waals surface area contributed by atoms with E-state index >= 15 is 0 Å². The third kappa shape index (κ3) is 3.76. The van der Waals surface area contributed by atoms with Gasteiger partial charge < -0.3 is 10.5 Å². The molecule has 0 saturated carbocycles. The number of piperidine rings is 1. The van der Waals surface area contributed by atoms with Gasteiger partial charge in [-0.1, -0.05) is 13.8 Å². The first-order valence-corrected chi connectivity index (χ1v) is 9.01. The van der Waals surface area contributed by atoms with Gasteiger partial charge in [0.05, 0.1) is 7.11 Å². The van der Waals surface area contributed by atoms with E-state index in [9.17, 15) is 8.42 Å². The van der Waals surface area contributed by atoms with Crippen molar-refractivity contribution in [3.63, 3.8) is 0 Å². The zero-order chi connectivity index (χ0) is 15.8. The number of hydrogen-bond acceptors (Lipinski definition) is 4. The number of benzene rings is 1. The normalized spacial score (nSPS) is 22.0. The molecule has 1 aromatic rings. The Labute approximate surface area is 146 Å². The van der Waals surface area contributed by atoms with Crippen LogP contribution in [0, 0.1) is 5.41 Å². The summed E-state index contributed by atoms with van der Waals surface area (Å²) < 4.78 is 32.9. The van der Waals surface area contributed by atoms with Crippen molar-refractivity contribution in [2.24, 2.45) is 11.1 Å². The van der Waals surface area contributed by atoms with Gasteiger partial charge in [0.15, 0.2) is 0 Å². The molecule has 2 rings (SSSR count). The van der Waals surface area contributed by atoms with E-state index in [1.165, 1.54) is 11.4 Å². The fourth-order valence-corrected chi connectivity index (χ4v) is 5.04. The molecule has 1 aliphatic rings. The number of methoxy groups -OCH3 is 1. The standard InChI is InChI=1S/C14H21BrN2O3S.ClH/c1-14(2)9-17(7-6-13(14)16)21(18,19)12-8-10(20-3)4-5-11(12)15;/h4-5,8,13H,6-7,9,16H2,1-3H3;1H. The van der Waals surface area contributed by atoms with Crippen LogP contribution in [0.1, 0.15) is 20.3 Å². The van der Waals surface area contributed by atoms with Crippen molar-refractivity contribution in [3.05, 3.63) is 22.7 Å². The third-order valence-electron chi connectivity index (χ3n) is 4.03. The average Bonchev–Trinajstić information content (AvgIpc) is 2.42. The Morgan fingerprint density at radius 3 is 2.59 bits per heavy atom. The van der Waals surface area contributed by atoms with Gasteiger partial charge in [0.25, 0.3) is 0 Å². The van der Waals surface area contributed by atoms with E-state index in [1.54, 1.807) is 18.2 Å². The summed E-state index contributed by atoms with van der Waals surface area (Å²) in [6.45, 7) is 4.86. The number of sulfonamides is 1. The lowest BCUT2D eigenvalue weighted by Gasteiger charge is -2.41. The van der Waals surface area contributed by atoms with Crippen LogP contribution in [0.2, 0.25) is 0 Å². The van der Waals surface area contributed by atoms with Gasteiger partial charge in [0, 0.05) is 29.7 Å². The van der Waals surface area contributed by atoms with E-state index in [-0.39, 0.29) is 28.8 Å². The second kappa shape index (κ2) is 7.05. The summed E-state index contributed by atoms with van der Waals surface area (Å²) in [5.41, 5.74) is 5.84. The van der Waals surface area contributed by atoms with Crippen molar-refractivity contribution < 1.29 is 13.2 Å². The lowest BCUT2D eigenvalue weighted by Crippen LogP contribution is -2.53. The molecule has 0 bridgehead atoms. The minimum Gasteiger partial charge on any atom is -0.497 e. The molecule has 2 N–H and O–H groups in total. The SMILES string of the molecule is COc1ccc(Br)c(S(=O)(=O)N2CCC(N)C(C)(C)C2)c1.Cl. The van der Waals surface area contributed by atoms with Crippen molar-refractivity contribution in [1.82, 2.24) is 4.31 Å². The Kier molecular flexibility index (Phi) is 6.31. The Bertz CT molecular complexity index is 637. The maximum absolute atomic E-state index is 12.9. The number of hydrogen-bond donors (Lipinski definition) is 1. The number of nitrogens with two attached hydrogens (primary N) is 1. The van der Waals surface area contributed by atoms with Gasteiger partial charge in [-0.05, 0) is 39.9 Å². The maximum atomic E-state index is 12.9. The van der Waals surface area contributed by atoms with Crippen LogP contribution in [0.5, 0.6) is 5.75 Å². The summed E-state index contributed by atoms with van der Waals surface area (Å²) in [4.78, 5) is 0.230. The van der Waals surface area contributed by atoms with Crippen LogP contribution in [0.3, 0.4) is 0 Å². The number of halogens is 2. The molecule has 1 aliphatic heterocycles. The van der Waals surface area contributed by atoms with Gasteiger partial charge in [-0.3, -0.25) is 0 Å². The van der Waals surface area contributed by atoms with Gasteiger partial charge >= 0.3 is 0 Å². The largest absolute Gasteiger partial charge is 0.497 e. The van der Waals surface area contributed by atoms with Crippen LogP contribution in [0.15, 0.2) is 27.6 Å². The molecule has 5 nitrogen and oxygen atoms in total. The second-order valence-corrected chi connectivity index (χ2v) is 8.78. The molecule has 0 aliphatic carbocycles. The van der Waals surface area contributed by atoms with Gasteiger partial charge in [-0.15, -0.1) is 12.4 Å². The molecule has 126 valence electrons. The second-order valence-electron chi connectivity index (χ2n) is 6.02. The smallest absolute Gasteiger partial charge is 0.244 e. The molecule has 0 amide bonds. The van der Waals surface area contributed by atoms with Crippen molar-refractivity contribution in [1.29, 1.82) is 0 Å². The monoisotopic (exact) mass is 412 g/mol. The number of nitrogens with zero attached hydrogens (tertiary/aromatic N) is 1. The molecule has 1 saturated heterocycles. The third-order valence-corrected chi connectivity index (χ3v) is 6.87. The highest BCUT2D eigenvalue weighted by Crippen LogP contribution is 2.34. The van der Waals surface area contributed by atoms with Crippen LogP contribution >= 0.6 is 28.3 Å². The Morgan fingerprint density at radius 2 is 2.05 bits per heavy atom. The first kappa shape index (κ1) is 19.7. The summed E-state index contributed by atoms with van der Waals surface area (Å²) in [5, 5.41) is 0. The van der Waals surface area contributed by atoms with Crippen molar-refractivity contribution in [3.8, 4) is 5.75 Å². The lowest BCUT2D eigenvalue weighted by molar-refractivity contribution is 0.155. The predicted molar refractivity (Wildman–Crippen MR) is 93.1 cm³/mol. The zero-order valence-electron chi connectivity index (χ0n) is 12.9. The summed E-state index contributed by atoms with van der Waals surface area (Å²) in [7, 11) is -2.05. The van der Waals surface area contributed by atoms with E-state index in [1.807, 2.05) is 13.8 Å². The number of rotatable bonds is 3. The van der Waals surface area contributed by atoms with Gasteiger partial charge in [-0.25, -0.2) is 8.42 Å². The molecular weight excluding hydrogens is 392 g/mol. The van der Waals surface area contributed by atoms with Crippen LogP contribution < -0.4 is 10.5 Å². The van der Waals surface area contributed by atoms with Crippen LogP contribution in [0.4, 0.5) is 0 Å². The van der Waals surface area contributed by atoms with E-state index in [4.69, 9.17) is 10.5 Å². The summed E-state index contributed by atoms with van der Waals surface area (Å²) in [6, 6.07) is 4.96. The maximum Gasteiger partial charge on any atom is 0.244 e. The van der Waals surface area contributed by atoms with Gasteiger partial charge in [-0.2, -0.15) is 4.31 Å². The van der Waals surface area contributed by atoms with Gasteiger partial charge in [0.2, 0.25) is 10.0 Å². The number of ether oxygens (including phenoxy) is 1. The molecule has 8 heteroatoms. The van der Waals surface area contributed by atoms with Crippen LogP contribution in [0.25, 0.3) is 0 Å². The van der Waals surface area contributed by atoms with Crippen LogP contribution in [-0.2, 0) is 10.0 Å². The Balaban J connectivity index is 0.00000242. The van der Waals surface area contributed by atoms with E-state index < -0.39 is 10.0 Å². The molecule has 22 heavy (non-hydrogen) atoms. The molecular formula is C14H22BrClN2O3S. The minimum absolute atomic E-state index is 0. The lowest BCUT2D eigenvalue weighted by atomic mass is 9.81. The molecule has 1 heterocycles. The molecule has 0 spiro atoms. The summed E-state index contributed by atoms with van der Waals surface area (Å²) >= 11 is 3.32. The highest BCUT2D eigenvalue weighted by Gasteiger charge is 2.39. The molecule has 1 atom stereocenters. The zero-order valence-corrected chi connectivity index (χ0v) is 16.1. The first-order chi connectivity index (χ1) is 9.68. The summed E-state index contributed by atoms with van der Waals surface area (Å²) in [6.07, 6.45) is 0.661. The van der Waals surface area contributed by atoms with E-state index in [0.29, 0.717) is 29.7 Å². The average molecular weight is 414 g/mol. The minimum atomic E-state index is -3.57. The van der Waals surface area contributed by atoms with Crippen molar-refractivity contribution >= 4 is 38.4 Å². The highest BCUT2D eigenvalue weighted by molar-refractivity contribution is 9.10. The fraction of sp³-hybridized carbons (Fsp3) is 0.571. The predicted octanol–water partition coefficient (Wildman–Crippen LogP) is 2.63. The van der Waals surface area contributed by atoms with E-state index in [2.05, 4.69) is 15.9 Å². The molecule has 0 radical (unpaired) electrons. The van der Waals surface area contributed by atoms with Crippen molar-refractivity contribution in [2.45, 2.75) is 31.2 Å².